The zero-order valence-electron chi connectivity index (χ0n) is 10.7. The quantitative estimate of drug-likeness (QED) is 0.832. The molecule has 0 fully saturated rings. The number of pyridine rings is 1. The average molecular weight is 261 g/mol. The first-order valence-electron chi connectivity index (χ1n) is 6.38. The van der Waals surface area contributed by atoms with Gasteiger partial charge in [0.2, 0.25) is 0 Å². The van der Waals surface area contributed by atoms with E-state index in [0.29, 0.717) is 6.04 Å². The van der Waals surface area contributed by atoms with Crippen molar-refractivity contribution in [3.8, 4) is 0 Å². The predicted molar refractivity (Wildman–Crippen MR) is 75.8 cm³/mol. The van der Waals surface area contributed by atoms with E-state index in [1.165, 1.54) is 10.4 Å². The molecule has 0 amide bonds. The maximum absolute atomic E-state index is 4.14. The Morgan fingerprint density at radius 2 is 2.06 bits per heavy atom. The molecule has 0 aliphatic rings. The fourth-order valence-corrected chi connectivity index (χ4v) is 2.63. The van der Waals surface area contributed by atoms with E-state index in [4.69, 9.17) is 0 Å². The molecule has 0 aliphatic heterocycles. The highest BCUT2D eigenvalue weighted by Gasteiger charge is 2.10. The Hall–Kier alpha value is -1.26. The topological polar surface area (TPSA) is 37.8 Å². The summed E-state index contributed by atoms with van der Waals surface area (Å²) >= 11 is 1.73. The van der Waals surface area contributed by atoms with Crippen LogP contribution in [0.15, 0.2) is 36.2 Å². The van der Waals surface area contributed by atoms with Crippen LogP contribution >= 0.6 is 11.3 Å². The predicted octanol–water partition coefficient (Wildman–Crippen LogP) is 2.69. The second-order valence-electron chi connectivity index (χ2n) is 4.38. The zero-order chi connectivity index (χ0) is 12.6. The molecule has 96 valence electrons. The van der Waals surface area contributed by atoms with Crippen LogP contribution in [-0.2, 0) is 12.8 Å². The zero-order valence-corrected chi connectivity index (χ0v) is 11.5. The molecule has 2 rings (SSSR count). The Morgan fingerprint density at radius 1 is 1.22 bits per heavy atom. The third-order valence-corrected chi connectivity index (χ3v) is 3.65. The highest BCUT2D eigenvalue weighted by atomic mass is 32.1. The minimum absolute atomic E-state index is 0.479. The summed E-state index contributed by atoms with van der Waals surface area (Å²) in [6.45, 7) is 3.26. The first-order chi connectivity index (χ1) is 8.88. The van der Waals surface area contributed by atoms with Gasteiger partial charge in [0.1, 0.15) is 0 Å². The van der Waals surface area contributed by atoms with Gasteiger partial charge in [-0.1, -0.05) is 6.92 Å². The van der Waals surface area contributed by atoms with Crippen molar-refractivity contribution in [2.75, 3.05) is 6.54 Å². The number of aromatic nitrogens is 2. The summed E-state index contributed by atoms with van der Waals surface area (Å²) in [5.74, 6) is 0. The number of hydrogen-bond acceptors (Lipinski definition) is 4. The molecular weight excluding hydrogens is 242 g/mol. The van der Waals surface area contributed by atoms with E-state index in [0.717, 1.165) is 25.8 Å². The minimum Gasteiger partial charge on any atom is -0.313 e. The third-order valence-electron chi connectivity index (χ3n) is 2.85. The van der Waals surface area contributed by atoms with Crippen molar-refractivity contribution in [2.24, 2.45) is 0 Å². The highest BCUT2D eigenvalue weighted by molar-refractivity contribution is 7.09. The van der Waals surface area contributed by atoms with E-state index in [2.05, 4.69) is 34.3 Å². The first kappa shape index (κ1) is 13.2. The van der Waals surface area contributed by atoms with Crippen molar-refractivity contribution in [1.82, 2.24) is 15.3 Å². The lowest BCUT2D eigenvalue weighted by atomic mass is 10.0. The van der Waals surface area contributed by atoms with Crippen LogP contribution in [0, 0.1) is 0 Å². The summed E-state index contributed by atoms with van der Waals surface area (Å²) < 4.78 is 0. The van der Waals surface area contributed by atoms with E-state index in [9.17, 15) is 0 Å². The van der Waals surface area contributed by atoms with Gasteiger partial charge in [-0.05, 0) is 43.5 Å². The normalized spacial score (nSPS) is 12.5. The summed E-state index contributed by atoms with van der Waals surface area (Å²) in [6.07, 6.45) is 8.94. The Bertz CT molecular complexity index is 428. The lowest BCUT2D eigenvalue weighted by molar-refractivity contribution is 0.507. The maximum atomic E-state index is 4.14. The maximum Gasteiger partial charge on any atom is 0.0794 e. The molecule has 2 heterocycles. The molecule has 2 aromatic heterocycles. The summed E-state index contributed by atoms with van der Waals surface area (Å²) in [4.78, 5) is 9.55. The van der Waals surface area contributed by atoms with Gasteiger partial charge in [0.25, 0.3) is 0 Å². The Kier molecular flexibility index (Phi) is 5.30. The van der Waals surface area contributed by atoms with Crippen LogP contribution in [0.2, 0.25) is 0 Å². The number of thiazole rings is 1. The van der Waals surface area contributed by atoms with Crippen molar-refractivity contribution < 1.29 is 0 Å². The van der Waals surface area contributed by atoms with Crippen LogP contribution in [0.25, 0.3) is 0 Å². The first-order valence-corrected chi connectivity index (χ1v) is 7.26. The molecule has 4 heteroatoms. The molecule has 3 nitrogen and oxygen atoms in total. The molecule has 0 saturated carbocycles. The smallest absolute Gasteiger partial charge is 0.0794 e. The molecule has 1 atom stereocenters. The van der Waals surface area contributed by atoms with Crippen LogP contribution < -0.4 is 5.32 Å². The Morgan fingerprint density at radius 3 is 2.72 bits per heavy atom. The second kappa shape index (κ2) is 7.24. The van der Waals surface area contributed by atoms with Gasteiger partial charge in [0, 0.05) is 29.5 Å². The van der Waals surface area contributed by atoms with Gasteiger partial charge in [-0.25, -0.2) is 0 Å². The van der Waals surface area contributed by atoms with E-state index in [-0.39, 0.29) is 0 Å². The van der Waals surface area contributed by atoms with Crippen molar-refractivity contribution in [3.63, 3.8) is 0 Å². The largest absolute Gasteiger partial charge is 0.313 e. The number of nitrogens with zero attached hydrogens (tertiary/aromatic N) is 2. The second-order valence-corrected chi connectivity index (χ2v) is 5.35. The molecule has 0 aromatic carbocycles. The van der Waals surface area contributed by atoms with Gasteiger partial charge in [-0.2, -0.15) is 0 Å². The molecule has 2 aromatic rings. The van der Waals surface area contributed by atoms with E-state index in [1.54, 1.807) is 11.3 Å². The summed E-state index contributed by atoms with van der Waals surface area (Å²) in [5.41, 5.74) is 3.24. The standard InChI is InChI=1S/C14H19N3S/c1-2-5-17-13(9-14-10-16-11-18-14)8-12-3-6-15-7-4-12/h3-4,6-7,10-11,13,17H,2,5,8-9H2,1H3. The molecule has 0 saturated heterocycles. The highest BCUT2D eigenvalue weighted by Crippen LogP contribution is 2.12. The van der Waals surface area contributed by atoms with Crippen LogP contribution in [0.3, 0.4) is 0 Å². The number of rotatable bonds is 7. The molecule has 0 bridgehead atoms. The SMILES string of the molecule is CCCNC(Cc1ccncc1)Cc1cncs1. The van der Waals surface area contributed by atoms with E-state index in [1.807, 2.05) is 24.1 Å². The fourth-order valence-electron chi connectivity index (χ4n) is 1.95. The van der Waals surface area contributed by atoms with Crippen LogP contribution in [0.4, 0.5) is 0 Å². The fraction of sp³-hybridized carbons (Fsp3) is 0.429. The Balaban J connectivity index is 1.96. The Labute approximate surface area is 112 Å². The van der Waals surface area contributed by atoms with Gasteiger partial charge in [0.05, 0.1) is 5.51 Å². The lowest BCUT2D eigenvalue weighted by Crippen LogP contribution is -2.33. The average Bonchev–Trinajstić information content (AvgIpc) is 2.90. The van der Waals surface area contributed by atoms with Crippen LogP contribution in [0.1, 0.15) is 23.8 Å². The molecule has 0 aliphatic carbocycles. The van der Waals surface area contributed by atoms with Gasteiger partial charge >= 0.3 is 0 Å². The van der Waals surface area contributed by atoms with Crippen molar-refractivity contribution in [2.45, 2.75) is 32.2 Å². The van der Waals surface area contributed by atoms with E-state index >= 15 is 0 Å². The van der Waals surface area contributed by atoms with Crippen molar-refractivity contribution >= 4 is 11.3 Å². The third kappa shape index (κ3) is 4.20. The van der Waals surface area contributed by atoms with Crippen molar-refractivity contribution in [1.29, 1.82) is 0 Å². The monoisotopic (exact) mass is 261 g/mol. The van der Waals surface area contributed by atoms with Crippen LogP contribution in [-0.4, -0.2) is 22.6 Å². The minimum atomic E-state index is 0.479. The van der Waals surface area contributed by atoms with Crippen molar-refractivity contribution in [3.05, 3.63) is 46.7 Å². The molecule has 1 unspecified atom stereocenters. The van der Waals surface area contributed by atoms with Crippen LogP contribution in [0.5, 0.6) is 0 Å². The molecular formula is C14H19N3S. The summed E-state index contributed by atoms with van der Waals surface area (Å²) in [6, 6.07) is 4.66. The summed E-state index contributed by atoms with van der Waals surface area (Å²) in [5, 5.41) is 3.61. The van der Waals surface area contributed by atoms with Gasteiger partial charge in [-0.15, -0.1) is 11.3 Å². The lowest BCUT2D eigenvalue weighted by Gasteiger charge is -2.17. The van der Waals surface area contributed by atoms with E-state index < -0.39 is 0 Å². The molecule has 1 N–H and O–H groups in total. The molecule has 0 spiro atoms. The number of nitrogens with one attached hydrogen (secondary N) is 1. The summed E-state index contributed by atoms with van der Waals surface area (Å²) in [7, 11) is 0. The van der Waals surface area contributed by atoms with Gasteiger partial charge in [0.15, 0.2) is 0 Å². The van der Waals surface area contributed by atoms with Gasteiger partial charge < -0.3 is 5.32 Å². The van der Waals surface area contributed by atoms with Gasteiger partial charge in [-0.3, -0.25) is 9.97 Å². The molecule has 0 radical (unpaired) electrons. The molecule has 18 heavy (non-hydrogen) atoms. The number of hydrogen-bond donors (Lipinski definition) is 1.